The van der Waals surface area contributed by atoms with Gasteiger partial charge in [-0.3, -0.25) is 0 Å². The van der Waals surface area contributed by atoms with Crippen LogP contribution in [0.25, 0.3) is 0 Å². The van der Waals surface area contributed by atoms with Crippen molar-refractivity contribution in [2.45, 2.75) is 31.8 Å². The summed E-state index contributed by atoms with van der Waals surface area (Å²) in [6, 6.07) is 4.57. The van der Waals surface area contributed by atoms with Crippen LogP contribution in [-0.2, 0) is 12.0 Å². The highest BCUT2D eigenvalue weighted by Crippen LogP contribution is 2.42. The molecule has 0 saturated carbocycles. The van der Waals surface area contributed by atoms with Crippen LogP contribution in [0.15, 0.2) is 28.9 Å². The quantitative estimate of drug-likeness (QED) is 0.856. The van der Waals surface area contributed by atoms with Gasteiger partial charge in [-0.25, -0.2) is 8.78 Å². The van der Waals surface area contributed by atoms with Crippen molar-refractivity contribution in [1.29, 1.82) is 0 Å². The molecule has 0 fully saturated rings. The molecule has 0 bridgehead atoms. The van der Waals surface area contributed by atoms with Crippen LogP contribution in [0.5, 0.6) is 0 Å². The Hall–Kier alpha value is -1.68. The van der Waals surface area contributed by atoms with Gasteiger partial charge in [0.15, 0.2) is 11.6 Å². The molecule has 1 aromatic carbocycles. The maximum absolute atomic E-state index is 14.1. The third-order valence-electron chi connectivity index (χ3n) is 3.85. The molecule has 100 valence electrons. The summed E-state index contributed by atoms with van der Waals surface area (Å²) in [7, 11) is 0. The molecule has 3 rings (SSSR count). The predicted octanol–water partition coefficient (Wildman–Crippen LogP) is 3.44. The van der Waals surface area contributed by atoms with Crippen LogP contribution in [0.4, 0.5) is 8.78 Å². The zero-order valence-electron chi connectivity index (χ0n) is 10.5. The summed E-state index contributed by atoms with van der Waals surface area (Å²) < 4.78 is 33.1. The molecule has 0 saturated heterocycles. The second-order valence-corrected chi connectivity index (χ2v) is 5.03. The SMILES string of the molecule is Cc1ccc(C2(O)CCCc3occc32)c(F)c1F. The molecule has 1 unspecified atom stereocenters. The molecular weight excluding hydrogens is 250 g/mol. The van der Waals surface area contributed by atoms with Gasteiger partial charge in [0.05, 0.1) is 6.26 Å². The van der Waals surface area contributed by atoms with Crippen LogP contribution >= 0.6 is 0 Å². The van der Waals surface area contributed by atoms with E-state index >= 15 is 0 Å². The van der Waals surface area contributed by atoms with Gasteiger partial charge in [0.1, 0.15) is 11.4 Å². The normalized spacial score (nSPS) is 22.3. The van der Waals surface area contributed by atoms with Crippen LogP contribution in [0.1, 0.15) is 35.3 Å². The Morgan fingerprint density at radius 3 is 2.74 bits per heavy atom. The lowest BCUT2D eigenvalue weighted by molar-refractivity contribution is 0.0545. The summed E-state index contributed by atoms with van der Waals surface area (Å²) in [4.78, 5) is 0. The zero-order valence-corrected chi connectivity index (χ0v) is 10.5. The molecule has 1 heterocycles. The molecule has 1 aliphatic carbocycles. The van der Waals surface area contributed by atoms with E-state index in [2.05, 4.69) is 0 Å². The van der Waals surface area contributed by atoms with Gasteiger partial charge < -0.3 is 9.52 Å². The lowest BCUT2D eigenvalue weighted by Crippen LogP contribution is -2.32. The van der Waals surface area contributed by atoms with Gasteiger partial charge in [-0.2, -0.15) is 0 Å². The molecule has 1 aromatic heterocycles. The molecule has 2 nitrogen and oxygen atoms in total. The predicted molar refractivity (Wildman–Crippen MR) is 65.7 cm³/mol. The molecule has 4 heteroatoms. The number of furan rings is 1. The van der Waals surface area contributed by atoms with Crippen molar-refractivity contribution in [1.82, 2.24) is 0 Å². The van der Waals surface area contributed by atoms with Crippen molar-refractivity contribution in [3.05, 3.63) is 58.5 Å². The lowest BCUT2D eigenvalue weighted by Gasteiger charge is -2.32. The van der Waals surface area contributed by atoms with Gasteiger partial charge in [-0.05, 0) is 31.4 Å². The largest absolute Gasteiger partial charge is 0.469 e. The number of rotatable bonds is 1. The van der Waals surface area contributed by atoms with E-state index in [0.717, 1.165) is 0 Å². The Labute approximate surface area is 109 Å². The first-order valence-electron chi connectivity index (χ1n) is 6.28. The van der Waals surface area contributed by atoms with Crippen LogP contribution in [0.3, 0.4) is 0 Å². The Kier molecular flexibility index (Phi) is 2.71. The average Bonchev–Trinajstić information content (AvgIpc) is 2.86. The number of fused-ring (bicyclic) bond motifs is 1. The summed E-state index contributed by atoms with van der Waals surface area (Å²) in [5, 5.41) is 10.8. The minimum absolute atomic E-state index is 0.0158. The minimum Gasteiger partial charge on any atom is -0.469 e. The second kappa shape index (κ2) is 4.17. The molecule has 0 amide bonds. The Bertz CT molecular complexity index is 633. The van der Waals surface area contributed by atoms with Crippen LogP contribution in [-0.4, -0.2) is 5.11 Å². The van der Waals surface area contributed by atoms with E-state index in [1.54, 1.807) is 6.07 Å². The second-order valence-electron chi connectivity index (χ2n) is 5.03. The highest BCUT2D eigenvalue weighted by Gasteiger charge is 2.40. The topological polar surface area (TPSA) is 33.4 Å². The first kappa shape index (κ1) is 12.4. The smallest absolute Gasteiger partial charge is 0.165 e. The number of benzene rings is 1. The van der Waals surface area contributed by atoms with Crippen molar-refractivity contribution >= 4 is 0 Å². The van der Waals surface area contributed by atoms with Gasteiger partial charge in [-0.15, -0.1) is 0 Å². The van der Waals surface area contributed by atoms with E-state index in [0.29, 0.717) is 30.6 Å². The van der Waals surface area contributed by atoms with E-state index in [1.165, 1.54) is 25.3 Å². The van der Waals surface area contributed by atoms with Crippen molar-refractivity contribution < 1.29 is 18.3 Å². The zero-order chi connectivity index (χ0) is 13.6. The maximum Gasteiger partial charge on any atom is 0.165 e. The molecule has 1 N–H and O–H groups in total. The highest BCUT2D eigenvalue weighted by atomic mass is 19.2. The fourth-order valence-corrected chi connectivity index (χ4v) is 2.79. The molecule has 0 radical (unpaired) electrons. The minimum atomic E-state index is -1.50. The van der Waals surface area contributed by atoms with Crippen molar-refractivity contribution in [2.75, 3.05) is 0 Å². The molecular formula is C15H14F2O2. The summed E-state index contributed by atoms with van der Waals surface area (Å²) in [6.45, 7) is 1.50. The number of halogens is 2. The van der Waals surface area contributed by atoms with Crippen molar-refractivity contribution in [2.24, 2.45) is 0 Å². The molecule has 1 atom stereocenters. The fourth-order valence-electron chi connectivity index (χ4n) is 2.79. The van der Waals surface area contributed by atoms with Gasteiger partial charge in [0.2, 0.25) is 0 Å². The third kappa shape index (κ3) is 1.70. The van der Waals surface area contributed by atoms with E-state index in [1.807, 2.05) is 0 Å². The number of aliphatic hydroxyl groups is 1. The summed E-state index contributed by atoms with van der Waals surface area (Å²) in [5.41, 5.74) is -0.744. The van der Waals surface area contributed by atoms with Crippen LogP contribution in [0, 0.1) is 18.6 Å². The standard InChI is InChI=1S/C15H14F2O2/c1-9-4-5-11(14(17)13(9)16)15(18)7-2-3-12-10(15)6-8-19-12/h4-6,8,18H,2-3,7H2,1H3. The van der Waals surface area contributed by atoms with E-state index in [9.17, 15) is 13.9 Å². The fraction of sp³-hybridized carbons (Fsp3) is 0.333. The molecule has 0 aliphatic heterocycles. The lowest BCUT2D eigenvalue weighted by atomic mass is 9.77. The molecule has 1 aliphatic rings. The van der Waals surface area contributed by atoms with E-state index in [4.69, 9.17) is 4.42 Å². The summed E-state index contributed by atoms with van der Waals surface area (Å²) in [6.07, 6.45) is 3.22. The van der Waals surface area contributed by atoms with Gasteiger partial charge in [0, 0.05) is 17.5 Å². The number of hydrogen-bond acceptors (Lipinski definition) is 2. The first-order valence-corrected chi connectivity index (χ1v) is 6.28. The van der Waals surface area contributed by atoms with E-state index in [-0.39, 0.29) is 11.1 Å². The molecule has 19 heavy (non-hydrogen) atoms. The molecule has 0 spiro atoms. The number of aryl methyl sites for hydroxylation is 2. The number of hydrogen-bond donors (Lipinski definition) is 1. The monoisotopic (exact) mass is 264 g/mol. The van der Waals surface area contributed by atoms with Gasteiger partial charge >= 0.3 is 0 Å². The summed E-state index contributed by atoms with van der Waals surface area (Å²) in [5.74, 6) is -1.23. The van der Waals surface area contributed by atoms with Crippen LogP contribution < -0.4 is 0 Å². The van der Waals surface area contributed by atoms with E-state index < -0.39 is 17.2 Å². The maximum atomic E-state index is 14.1. The molecule has 2 aromatic rings. The van der Waals surface area contributed by atoms with Crippen molar-refractivity contribution in [3.8, 4) is 0 Å². The summed E-state index contributed by atoms with van der Waals surface area (Å²) >= 11 is 0. The Balaban J connectivity index is 2.21. The van der Waals surface area contributed by atoms with Crippen LogP contribution in [0.2, 0.25) is 0 Å². The highest BCUT2D eigenvalue weighted by molar-refractivity contribution is 5.41. The first-order chi connectivity index (χ1) is 9.04. The average molecular weight is 264 g/mol. The van der Waals surface area contributed by atoms with Crippen molar-refractivity contribution in [3.63, 3.8) is 0 Å². The Morgan fingerprint density at radius 1 is 1.16 bits per heavy atom. The third-order valence-corrected chi connectivity index (χ3v) is 3.85. The van der Waals surface area contributed by atoms with Gasteiger partial charge in [-0.1, -0.05) is 12.1 Å². The Morgan fingerprint density at radius 2 is 1.95 bits per heavy atom. The van der Waals surface area contributed by atoms with Gasteiger partial charge in [0.25, 0.3) is 0 Å².